The maximum absolute atomic E-state index is 4.97. The largest absolute Gasteiger partial charge is 0.179 e. The molecule has 0 saturated carbocycles. The Kier molecular flexibility index (Phi) is 8.48. The molecule has 2 rings (SSSR count). The molecule has 2 aromatic carbocycles. The molecule has 0 aliphatic heterocycles. The Morgan fingerprint density at radius 1 is 0.833 bits per heavy atom. The van der Waals surface area contributed by atoms with Gasteiger partial charge in [0.1, 0.15) is 0 Å². The molecule has 0 radical (unpaired) electrons. The van der Waals surface area contributed by atoms with Gasteiger partial charge < -0.3 is 0 Å². The highest BCUT2D eigenvalue weighted by atomic mass is 32.1. The summed E-state index contributed by atoms with van der Waals surface area (Å²) in [6, 6.07) is 21.4. The van der Waals surface area contributed by atoms with Gasteiger partial charge in [0, 0.05) is 22.2 Å². The van der Waals surface area contributed by atoms with Gasteiger partial charge in [-0.05, 0) is 35.6 Å². The summed E-state index contributed by atoms with van der Waals surface area (Å²) < 4.78 is 0. The van der Waals surface area contributed by atoms with Crippen molar-refractivity contribution in [3.8, 4) is 0 Å². The average Bonchev–Trinajstić information content (AvgIpc) is 2.66. The predicted molar refractivity (Wildman–Crippen MR) is 121 cm³/mol. The fraction of sp³-hybridized carbons (Fsp3) is 0.400. The molecule has 0 N–H and O–H groups in total. The summed E-state index contributed by atoms with van der Waals surface area (Å²) in [5.74, 6) is 2.67. The lowest BCUT2D eigenvalue weighted by molar-refractivity contribution is 0.363. The van der Waals surface area contributed by atoms with Crippen molar-refractivity contribution in [1.29, 1.82) is 0 Å². The first-order valence-corrected chi connectivity index (χ1v) is 10.7. The molecule has 0 spiro atoms. The minimum Gasteiger partial charge on any atom is -0.179 e. The van der Waals surface area contributed by atoms with Crippen LogP contribution in [-0.4, -0.2) is 22.5 Å². The minimum atomic E-state index is -0.167. The van der Waals surface area contributed by atoms with E-state index in [1.165, 1.54) is 11.1 Å². The second-order valence-electron chi connectivity index (χ2n) is 6.09. The van der Waals surface area contributed by atoms with Crippen LogP contribution < -0.4 is 0 Å². The van der Waals surface area contributed by atoms with Crippen LogP contribution in [0.2, 0.25) is 0 Å². The van der Waals surface area contributed by atoms with Crippen LogP contribution in [0.4, 0.5) is 0 Å². The highest BCUT2D eigenvalue weighted by Crippen LogP contribution is 2.47. The van der Waals surface area contributed by atoms with E-state index >= 15 is 0 Å². The Balaban J connectivity index is 2.60. The zero-order chi connectivity index (χ0) is 17.4. The van der Waals surface area contributed by atoms with Crippen molar-refractivity contribution >= 4 is 50.5 Å². The molecule has 0 saturated heterocycles. The summed E-state index contributed by atoms with van der Waals surface area (Å²) in [4.78, 5) is 0. The van der Waals surface area contributed by atoms with E-state index in [4.69, 9.17) is 25.3 Å². The first-order valence-electron chi connectivity index (χ1n) is 8.31. The normalized spacial score (nSPS) is 16.3. The van der Waals surface area contributed by atoms with Crippen molar-refractivity contribution < 1.29 is 0 Å². The van der Waals surface area contributed by atoms with Crippen molar-refractivity contribution in [2.45, 2.75) is 29.4 Å². The number of hydrogen-bond donors (Lipinski definition) is 4. The summed E-state index contributed by atoms with van der Waals surface area (Å²) in [7, 11) is 0. The monoisotopic (exact) mass is 394 g/mol. The lowest BCUT2D eigenvalue weighted by atomic mass is 9.65. The Labute approximate surface area is 168 Å². The molecule has 4 heteroatoms. The smallest absolute Gasteiger partial charge is 0.0233 e. The molecule has 24 heavy (non-hydrogen) atoms. The van der Waals surface area contributed by atoms with E-state index in [-0.39, 0.29) is 10.7 Å². The molecule has 0 fully saturated rings. The van der Waals surface area contributed by atoms with E-state index in [0.29, 0.717) is 11.7 Å². The van der Waals surface area contributed by atoms with Gasteiger partial charge in [-0.15, -0.1) is 0 Å². The highest BCUT2D eigenvalue weighted by molar-refractivity contribution is 7.85. The quantitative estimate of drug-likeness (QED) is 0.392. The minimum absolute atomic E-state index is 0.117. The number of thiol groups is 4. The molecule has 2 aromatic rings. The van der Waals surface area contributed by atoms with E-state index in [1.54, 1.807) is 0 Å². The van der Waals surface area contributed by atoms with Crippen LogP contribution in [-0.2, 0) is 5.41 Å². The van der Waals surface area contributed by atoms with Crippen LogP contribution in [0.25, 0.3) is 0 Å². The lowest BCUT2D eigenvalue weighted by Crippen LogP contribution is -2.45. The van der Waals surface area contributed by atoms with Gasteiger partial charge in [-0.1, -0.05) is 60.7 Å². The van der Waals surface area contributed by atoms with Gasteiger partial charge in [-0.3, -0.25) is 0 Å². The van der Waals surface area contributed by atoms with E-state index in [9.17, 15) is 0 Å². The Bertz CT molecular complexity index is 587. The van der Waals surface area contributed by atoms with E-state index < -0.39 is 0 Å². The van der Waals surface area contributed by atoms with Gasteiger partial charge in [-0.2, -0.15) is 50.5 Å². The molecule has 0 bridgehead atoms. The van der Waals surface area contributed by atoms with Crippen LogP contribution in [0.5, 0.6) is 0 Å². The Hall–Kier alpha value is -0.160. The first-order chi connectivity index (χ1) is 11.7. The van der Waals surface area contributed by atoms with Crippen LogP contribution in [0.15, 0.2) is 60.7 Å². The SMILES string of the molecule is SCCCC(c1ccccc1)C(CS)(c1ccccc1)C(S)CS. The maximum Gasteiger partial charge on any atom is 0.0233 e. The average molecular weight is 395 g/mol. The molecular weight excluding hydrogens is 368 g/mol. The van der Waals surface area contributed by atoms with Gasteiger partial charge >= 0.3 is 0 Å². The molecule has 0 aromatic heterocycles. The molecule has 0 amide bonds. The standard InChI is InChI=1S/C20H26S4/c21-13-7-12-18(16-8-3-1-4-9-16)20(15-23,19(24)14-22)17-10-5-2-6-11-17/h1-6,8-11,18-19,21-24H,7,12-15H2. The molecule has 0 aliphatic rings. The first kappa shape index (κ1) is 20.2. The van der Waals surface area contributed by atoms with E-state index in [2.05, 4.69) is 85.9 Å². The van der Waals surface area contributed by atoms with Gasteiger partial charge in [0.2, 0.25) is 0 Å². The fourth-order valence-electron chi connectivity index (χ4n) is 3.55. The summed E-state index contributed by atoms with van der Waals surface area (Å²) in [6.07, 6.45) is 2.13. The fourth-order valence-corrected chi connectivity index (χ4v) is 5.24. The Morgan fingerprint density at radius 3 is 1.92 bits per heavy atom. The second kappa shape index (κ2) is 10.1. The number of rotatable bonds is 9. The van der Waals surface area contributed by atoms with Crippen LogP contribution in [0, 0.1) is 0 Å². The van der Waals surface area contributed by atoms with Gasteiger partial charge in [0.05, 0.1) is 0 Å². The zero-order valence-corrected chi connectivity index (χ0v) is 17.3. The van der Waals surface area contributed by atoms with Crippen molar-refractivity contribution in [1.82, 2.24) is 0 Å². The van der Waals surface area contributed by atoms with Crippen molar-refractivity contribution in [3.63, 3.8) is 0 Å². The van der Waals surface area contributed by atoms with Crippen molar-refractivity contribution in [3.05, 3.63) is 71.8 Å². The second-order valence-corrected chi connectivity index (χ2v) is 7.84. The molecule has 130 valence electrons. The predicted octanol–water partition coefficient (Wildman–Crippen LogP) is 5.58. The van der Waals surface area contributed by atoms with Crippen molar-refractivity contribution in [2.75, 3.05) is 17.3 Å². The summed E-state index contributed by atoms with van der Waals surface area (Å²) in [5, 5.41) is 0.117. The van der Waals surface area contributed by atoms with Crippen LogP contribution in [0.1, 0.15) is 29.9 Å². The summed E-state index contributed by atoms with van der Waals surface area (Å²) in [5.41, 5.74) is 2.47. The molecule has 0 nitrogen and oxygen atoms in total. The van der Waals surface area contributed by atoms with Crippen LogP contribution in [0.3, 0.4) is 0 Å². The molecule has 3 atom stereocenters. The maximum atomic E-state index is 4.97. The van der Waals surface area contributed by atoms with E-state index in [0.717, 1.165) is 24.3 Å². The van der Waals surface area contributed by atoms with Gasteiger partial charge in [-0.25, -0.2) is 0 Å². The molecule has 3 unspecified atom stereocenters. The van der Waals surface area contributed by atoms with Gasteiger partial charge in [0.25, 0.3) is 0 Å². The molecular formula is C20H26S4. The molecule has 0 heterocycles. The van der Waals surface area contributed by atoms with Crippen LogP contribution >= 0.6 is 50.5 Å². The van der Waals surface area contributed by atoms with E-state index in [1.807, 2.05) is 0 Å². The third-order valence-electron chi connectivity index (χ3n) is 4.82. The Morgan fingerprint density at radius 2 is 1.42 bits per heavy atom. The topological polar surface area (TPSA) is 0 Å². The highest BCUT2D eigenvalue weighted by Gasteiger charge is 2.44. The molecule has 0 aliphatic carbocycles. The number of benzene rings is 2. The third-order valence-corrected chi connectivity index (χ3v) is 6.95. The third kappa shape index (κ3) is 4.32. The number of hydrogen-bond acceptors (Lipinski definition) is 4. The zero-order valence-electron chi connectivity index (χ0n) is 13.8. The summed E-state index contributed by atoms with van der Waals surface area (Å²) >= 11 is 18.8. The van der Waals surface area contributed by atoms with Crippen molar-refractivity contribution in [2.24, 2.45) is 0 Å². The lowest BCUT2D eigenvalue weighted by Gasteiger charge is -2.45. The van der Waals surface area contributed by atoms with Gasteiger partial charge in [0.15, 0.2) is 0 Å². The summed E-state index contributed by atoms with van der Waals surface area (Å²) in [6.45, 7) is 0.